The highest BCUT2D eigenvalue weighted by Crippen LogP contribution is 2.20. The van der Waals surface area contributed by atoms with Crippen molar-refractivity contribution in [1.29, 1.82) is 0 Å². The number of carbonyl (C=O) groups excluding carboxylic acids is 1. The van der Waals surface area contributed by atoms with E-state index in [0.717, 1.165) is 42.9 Å². The summed E-state index contributed by atoms with van der Waals surface area (Å²) in [7, 11) is 0. The molecule has 0 radical (unpaired) electrons. The van der Waals surface area contributed by atoms with Gasteiger partial charge < -0.3 is 4.90 Å². The van der Waals surface area contributed by atoms with E-state index in [-0.39, 0.29) is 5.91 Å². The van der Waals surface area contributed by atoms with Gasteiger partial charge in [-0.25, -0.2) is 9.50 Å². The van der Waals surface area contributed by atoms with Gasteiger partial charge in [-0.2, -0.15) is 5.10 Å². The maximum absolute atomic E-state index is 12.5. The van der Waals surface area contributed by atoms with Crippen LogP contribution in [0.2, 0.25) is 0 Å². The highest BCUT2D eigenvalue weighted by molar-refractivity contribution is 5.93. The fourth-order valence-electron chi connectivity index (χ4n) is 3.07. The van der Waals surface area contributed by atoms with Crippen molar-refractivity contribution in [3.05, 3.63) is 53.9 Å². The molecule has 2 aromatic heterocycles. The third-order valence-electron chi connectivity index (χ3n) is 4.29. The number of hydrogen-bond donors (Lipinski definition) is 0. The number of amides is 1. The lowest BCUT2D eigenvalue weighted by atomic mass is 10.1. The summed E-state index contributed by atoms with van der Waals surface area (Å²) in [6.45, 7) is 3.64. The highest BCUT2D eigenvalue weighted by atomic mass is 16.2. The van der Waals surface area contributed by atoms with Crippen molar-refractivity contribution in [2.75, 3.05) is 13.1 Å². The average molecular weight is 306 g/mol. The predicted molar refractivity (Wildman–Crippen MR) is 88.3 cm³/mol. The molecule has 0 saturated carbocycles. The van der Waals surface area contributed by atoms with Gasteiger partial charge in [0.15, 0.2) is 11.3 Å². The van der Waals surface area contributed by atoms with Gasteiger partial charge in [-0.3, -0.25) is 4.79 Å². The second-order valence-corrected chi connectivity index (χ2v) is 5.95. The molecule has 23 heavy (non-hydrogen) atoms. The molecule has 1 fully saturated rings. The molecule has 0 atom stereocenters. The van der Waals surface area contributed by atoms with Crippen molar-refractivity contribution >= 4 is 11.6 Å². The van der Waals surface area contributed by atoms with E-state index in [2.05, 4.69) is 10.1 Å². The Morgan fingerprint density at radius 1 is 1.09 bits per heavy atom. The second kappa shape index (κ2) is 5.50. The summed E-state index contributed by atoms with van der Waals surface area (Å²) < 4.78 is 1.75. The van der Waals surface area contributed by atoms with Gasteiger partial charge in [0.2, 0.25) is 0 Å². The number of carbonyl (C=O) groups is 1. The Balaban J connectivity index is 1.76. The van der Waals surface area contributed by atoms with Crippen LogP contribution >= 0.6 is 0 Å². The average Bonchev–Trinajstić information content (AvgIpc) is 3.25. The van der Waals surface area contributed by atoms with Crippen molar-refractivity contribution in [2.45, 2.75) is 19.8 Å². The van der Waals surface area contributed by atoms with E-state index < -0.39 is 0 Å². The van der Waals surface area contributed by atoms with E-state index in [1.807, 2.05) is 48.2 Å². The van der Waals surface area contributed by atoms with Gasteiger partial charge in [-0.05, 0) is 25.8 Å². The van der Waals surface area contributed by atoms with E-state index in [9.17, 15) is 4.79 Å². The largest absolute Gasteiger partial charge is 0.337 e. The summed E-state index contributed by atoms with van der Waals surface area (Å²) >= 11 is 0. The standard InChI is InChI=1S/C18H18N4O/c1-13-11-15(14-7-3-2-4-8-14)19-17-12-16(20-22(13)17)18(23)21-9-5-6-10-21/h2-4,7-8,11-12H,5-6,9-10H2,1H3. The van der Waals surface area contributed by atoms with E-state index >= 15 is 0 Å². The van der Waals surface area contributed by atoms with E-state index in [1.54, 1.807) is 10.6 Å². The van der Waals surface area contributed by atoms with E-state index in [0.29, 0.717) is 11.3 Å². The topological polar surface area (TPSA) is 50.5 Å². The Hall–Kier alpha value is -2.69. The lowest BCUT2D eigenvalue weighted by Gasteiger charge is -2.12. The minimum absolute atomic E-state index is 0.00802. The molecule has 0 unspecified atom stereocenters. The summed E-state index contributed by atoms with van der Waals surface area (Å²) in [5.41, 5.74) is 4.12. The molecule has 5 heteroatoms. The SMILES string of the molecule is Cc1cc(-c2ccccc2)nc2cc(C(=O)N3CCCC3)nn12. The molecule has 0 spiro atoms. The molecule has 1 amide bonds. The summed E-state index contributed by atoms with van der Waals surface area (Å²) in [6.07, 6.45) is 2.16. The molecular weight excluding hydrogens is 288 g/mol. The van der Waals surface area contributed by atoms with Crippen LogP contribution in [0.15, 0.2) is 42.5 Å². The molecule has 5 nitrogen and oxygen atoms in total. The molecule has 1 aliphatic heterocycles. The van der Waals surface area contributed by atoms with Gasteiger partial charge in [-0.15, -0.1) is 0 Å². The van der Waals surface area contributed by atoms with Gasteiger partial charge in [0.25, 0.3) is 5.91 Å². The van der Waals surface area contributed by atoms with Gasteiger partial charge in [0, 0.05) is 30.4 Å². The van der Waals surface area contributed by atoms with Crippen molar-refractivity contribution in [3.8, 4) is 11.3 Å². The Labute approximate surface area is 134 Å². The number of fused-ring (bicyclic) bond motifs is 1. The second-order valence-electron chi connectivity index (χ2n) is 5.95. The van der Waals surface area contributed by atoms with Gasteiger partial charge in [-0.1, -0.05) is 30.3 Å². The van der Waals surface area contributed by atoms with Crippen LogP contribution in [0.25, 0.3) is 16.9 Å². The third kappa shape index (κ3) is 2.48. The first-order valence-corrected chi connectivity index (χ1v) is 7.94. The maximum atomic E-state index is 12.5. The summed E-state index contributed by atoms with van der Waals surface area (Å²) in [4.78, 5) is 19.0. The molecule has 0 bridgehead atoms. The third-order valence-corrected chi connectivity index (χ3v) is 4.29. The maximum Gasteiger partial charge on any atom is 0.274 e. The number of aromatic nitrogens is 3. The van der Waals surface area contributed by atoms with E-state index in [1.165, 1.54) is 0 Å². The van der Waals surface area contributed by atoms with Gasteiger partial charge in [0.1, 0.15) is 0 Å². The number of aryl methyl sites for hydroxylation is 1. The van der Waals surface area contributed by atoms with E-state index in [4.69, 9.17) is 0 Å². The van der Waals surface area contributed by atoms with Crippen LogP contribution in [0, 0.1) is 6.92 Å². The first-order chi connectivity index (χ1) is 11.2. The molecule has 0 aliphatic carbocycles. The molecular formula is C18H18N4O. The molecule has 3 heterocycles. The molecule has 1 aliphatic rings. The first-order valence-electron chi connectivity index (χ1n) is 7.94. The molecule has 1 aromatic carbocycles. The van der Waals surface area contributed by atoms with Crippen LogP contribution in [0.3, 0.4) is 0 Å². The van der Waals surface area contributed by atoms with Crippen molar-refractivity contribution < 1.29 is 4.79 Å². The van der Waals surface area contributed by atoms with Gasteiger partial charge >= 0.3 is 0 Å². The normalized spacial score (nSPS) is 14.6. The quantitative estimate of drug-likeness (QED) is 0.731. The Morgan fingerprint density at radius 3 is 2.57 bits per heavy atom. The lowest BCUT2D eigenvalue weighted by molar-refractivity contribution is 0.0786. The number of benzene rings is 1. The number of likely N-dealkylation sites (tertiary alicyclic amines) is 1. The lowest BCUT2D eigenvalue weighted by Crippen LogP contribution is -2.27. The van der Waals surface area contributed by atoms with Gasteiger partial charge in [0.05, 0.1) is 5.69 Å². The van der Waals surface area contributed by atoms with Crippen molar-refractivity contribution in [1.82, 2.24) is 19.5 Å². The van der Waals surface area contributed by atoms with Crippen LogP contribution in [-0.2, 0) is 0 Å². The highest BCUT2D eigenvalue weighted by Gasteiger charge is 2.22. The molecule has 0 N–H and O–H groups in total. The number of rotatable bonds is 2. The number of hydrogen-bond acceptors (Lipinski definition) is 3. The predicted octanol–water partition coefficient (Wildman–Crippen LogP) is 2.94. The van der Waals surface area contributed by atoms with Crippen LogP contribution < -0.4 is 0 Å². The van der Waals surface area contributed by atoms with Crippen LogP contribution in [-0.4, -0.2) is 38.5 Å². The first kappa shape index (κ1) is 13.9. The summed E-state index contributed by atoms with van der Waals surface area (Å²) in [5.74, 6) is 0.00802. The number of nitrogens with zero attached hydrogens (tertiary/aromatic N) is 4. The molecule has 4 rings (SSSR count). The van der Waals surface area contributed by atoms with Crippen LogP contribution in [0.1, 0.15) is 29.0 Å². The smallest absolute Gasteiger partial charge is 0.274 e. The Morgan fingerprint density at radius 2 is 1.83 bits per heavy atom. The molecule has 3 aromatic rings. The monoisotopic (exact) mass is 306 g/mol. The molecule has 116 valence electrons. The fraction of sp³-hybridized carbons (Fsp3) is 0.278. The fourth-order valence-corrected chi connectivity index (χ4v) is 3.07. The summed E-state index contributed by atoms with van der Waals surface area (Å²) in [6, 6.07) is 13.8. The minimum atomic E-state index is 0.00802. The zero-order valence-electron chi connectivity index (χ0n) is 13.1. The minimum Gasteiger partial charge on any atom is -0.337 e. The van der Waals surface area contributed by atoms with Crippen LogP contribution in [0.5, 0.6) is 0 Å². The van der Waals surface area contributed by atoms with Crippen LogP contribution in [0.4, 0.5) is 0 Å². The Bertz CT molecular complexity index is 863. The Kier molecular flexibility index (Phi) is 3.33. The van der Waals surface area contributed by atoms with Crippen molar-refractivity contribution in [2.24, 2.45) is 0 Å². The zero-order valence-corrected chi connectivity index (χ0v) is 13.1. The zero-order chi connectivity index (χ0) is 15.8. The molecule has 1 saturated heterocycles. The van der Waals surface area contributed by atoms with Crippen molar-refractivity contribution in [3.63, 3.8) is 0 Å². The summed E-state index contributed by atoms with van der Waals surface area (Å²) in [5, 5.41) is 4.45.